The number of ether oxygens (including phenoxy) is 4. The second kappa shape index (κ2) is 25.0. The van der Waals surface area contributed by atoms with Crippen molar-refractivity contribution in [2.24, 2.45) is 0 Å². The molecule has 0 saturated carbocycles. The lowest BCUT2D eigenvalue weighted by Crippen LogP contribution is -2.13. The van der Waals surface area contributed by atoms with E-state index in [1.54, 1.807) is 170 Å². The van der Waals surface area contributed by atoms with Gasteiger partial charge in [-0.05, 0) is 168 Å². The molecule has 0 heterocycles. The molecule has 14 heteroatoms. The molecule has 12 aromatic carbocycles. The third-order valence-corrected chi connectivity index (χ3v) is 16.5. The van der Waals surface area contributed by atoms with Crippen molar-refractivity contribution in [3.05, 3.63) is 333 Å². The van der Waals surface area contributed by atoms with E-state index in [0.29, 0.717) is 79.4 Å². The molecule has 0 aliphatic heterocycles. The summed E-state index contributed by atoms with van der Waals surface area (Å²) in [7, 11) is 0. The molecule has 0 spiro atoms. The van der Waals surface area contributed by atoms with Crippen molar-refractivity contribution in [2.45, 2.75) is 23.7 Å². The molecule has 1 aliphatic rings. The first-order valence-corrected chi connectivity index (χ1v) is 29.3. The van der Waals surface area contributed by atoms with Crippen LogP contribution in [0.2, 0.25) is 0 Å². The fraction of sp³-hybridized carbons (Fsp3) is 0.0513. The van der Waals surface area contributed by atoms with Crippen LogP contribution in [0.1, 0.15) is 111 Å². The number of phenols is 8. The van der Waals surface area contributed by atoms with Gasteiger partial charge in [0.25, 0.3) is 0 Å². The predicted molar refractivity (Wildman–Crippen MR) is 345 cm³/mol. The molecular formula is C78H56O14. The van der Waals surface area contributed by atoms with Crippen molar-refractivity contribution < 1.29 is 69.4 Å². The summed E-state index contributed by atoms with van der Waals surface area (Å²) in [6.07, 6.45) is 1.45. The maximum atomic E-state index is 12.5. The van der Waals surface area contributed by atoms with E-state index >= 15 is 0 Å². The molecule has 452 valence electrons. The first kappa shape index (κ1) is 58.6. The van der Waals surface area contributed by atoms with Crippen LogP contribution >= 0.6 is 0 Å². The van der Waals surface area contributed by atoms with Gasteiger partial charge in [0.1, 0.15) is 105 Å². The van der Waals surface area contributed by atoms with Crippen molar-refractivity contribution in [2.75, 3.05) is 0 Å². The van der Waals surface area contributed by atoms with E-state index in [0.717, 1.165) is 12.6 Å². The van der Waals surface area contributed by atoms with Crippen LogP contribution in [-0.2, 0) is 0 Å². The van der Waals surface area contributed by atoms with Crippen LogP contribution in [-0.4, -0.2) is 53.4 Å². The Morgan fingerprint density at radius 2 is 0.391 bits per heavy atom. The molecule has 0 amide bonds. The number of hydrogen-bond donors (Lipinski definition) is 8. The molecule has 1 aliphatic carbocycles. The number of phenolic OH excluding ortho intramolecular Hbond substituents is 8. The number of aromatic hydroxyl groups is 8. The highest BCUT2D eigenvalue weighted by Gasteiger charge is 2.35. The Labute approximate surface area is 527 Å². The van der Waals surface area contributed by atoms with E-state index in [1.165, 1.54) is 24.3 Å². The van der Waals surface area contributed by atoms with Crippen LogP contribution in [0.5, 0.6) is 92.0 Å². The minimum absolute atomic E-state index is 0.140. The van der Waals surface area contributed by atoms with Crippen LogP contribution in [0.4, 0.5) is 0 Å². The lowest BCUT2D eigenvalue weighted by Gasteiger charge is -2.30. The molecular weight excluding hydrogens is 1160 g/mol. The van der Waals surface area contributed by atoms with Gasteiger partial charge in [0.2, 0.25) is 0 Å². The summed E-state index contributed by atoms with van der Waals surface area (Å²) in [5.74, 6) is -4.02. The summed E-state index contributed by atoms with van der Waals surface area (Å²) in [6, 6.07) is 70.3. The van der Waals surface area contributed by atoms with Crippen LogP contribution in [0.25, 0.3) is 0 Å². The minimum Gasteiger partial charge on any atom is -0.507 e. The Morgan fingerprint density at radius 1 is 0.217 bits per heavy atom. The molecule has 13 rings (SSSR count). The van der Waals surface area contributed by atoms with Crippen molar-refractivity contribution in [3.8, 4) is 92.0 Å². The average molecular weight is 1220 g/mol. The average Bonchev–Trinajstić information content (AvgIpc) is 0.751. The molecule has 0 saturated heterocycles. The van der Waals surface area contributed by atoms with Crippen molar-refractivity contribution in [1.29, 1.82) is 0 Å². The zero-order valence-electron chi connectivity index (χ0n) is 48.7. The smallest absolute Gasteiger partial charge is 0.150 e. The maximum absolute atomic E-state index is 12.5. The van der Waals surface area contributed by atoms with Gasteiger partial charge in [0.05, 0.1) is 0 Å². The first-order valence-electron chi connectivity index (χ1n) is 29.3. The quantitative estimate of drug-likeness (QED) is 0.0474. The van der Waals surface area contributed by atoms with Crippen molar-refractivity contribution in [1.82, 2.24) is 0 Å². The van der Waals surface area contributed by atoms with Gasteiger partial charge in [-0.15, -0.1) is 0 Å². The topological polar surface area (TPSA) is 233 Å². The van der Waals surface area contributed by atoms with Crippen LogP contribution in [0.3, 0.4) is 0 Å². The van der Waals surface area contributed by atoms with Gasteiger partial charge in [-0.25, -0.2) is 0 Å². The van der Waals surface area contributed by atoms with E-state index in [2.05, 4.69) is 0 Å². The summed E-state index contributed by atoms with van der Waals surface area (Å²) in [4.78, 5) is 22.9. The number of carbonyl (C=O) groups excluding carboxylic acids is 2. The zero-order chi connectivity index (χ0) is 63.6. The molecule has 0 radical (unpaired) electrons. The van der Waals surface area contributed by atoms with E-state index in [4.69, 9.17) is 18.9 Å². The van der Waals surface area contributed by atoms with Gasteiger partial charge < -0.3 is 59.8 Å². The summed E-state index contributed by atoms with van der Waals surface area (Å²) < 4.78 is 24.9. The van der Waals surface area contributed by atoms with Gasteiger partial charge in [0.15, 0.2) is 0 Å². The molecule has 0 fully saturated rings. The van der Waals surface area contributed by atoms with E-state index in [1.807, 2.05) is 60.7 Å². The molecule has 92 heavy (non-hydrogen) atoms. The Morgan fingerprint density at radius 3 is 0.576 bits per heavy atom. The zero-order valence-corrected chi connectivity index (χ0v) is 48.7. The van der Waals surface area contributed by atoms with Gasteiger partial charge in [-0.2, -0.15) is 0 Å². The van der Waals surface area contributed by atoms with Gasteiger partial charge >= 0.3 is 0 Å². The van der Waals surface area contributed by atoms with Gasteiger partial charge in [-0.1, -0.05) is 84.9 Å². The van der Waals surface area contributed by atoms with Gasteiger partial charge in [0, 0.05) is 104 Å². The second-order valence-corrected chi connectivity index (χ2v) is 22.3. The third-order valence-electron chi connectivity index (χ3n) is 16.5. The summed E-state index contributed by atoms with van der Waals surface area (Å²) in [6.45, 7) is 0. The highest BCUT2D eigenvalue weighted by Crippen LogP contribution is 2.54. The summed E-state index contributed by atoms with van der Waals surface area (Å²) >= 11 is 0. The Hall–Kier alpha value is -12.4. The van der Waals surface area contributed by atoms with Crippen LogP contribution < -0.4 is 18.9 Å². The fourth-order valence-corrected chi connectivity index (χ4v) is 12.1. The molecule has 14 nitrogen and oxygen atoms in total. The van der Waals surface area contributed by atoms with E-state index < -0.39 is 69.7 Å². The lowest BCUT2D eigenvalue weighted by atomic mass is 9.75. The Kier molecular flexibility index (Phi) is 15.9. The van der Waals surface area contributed by atoms with E-state index in [9.17, 15) is 50.4 Å². The number of aldehydes is 2. The second-order valence-electron chi connectivity index (χ2n) is 22.3. The van der Waals surface area contributed by atoms with Crippen molar-refractivity contribution in [3.63, 3.8) is 0 Å². The number of carbonyl (C=O) groups is 2. The molecule has 0 aromatic heterocycles. The van der Waals surface area contributed by atoms with E-state index in [-0.39, 0.29) is 44.5 Å². The van der Waals surface area contributed by atoms with Crippen molar-refractivity contribution >= 4 is 12.6 Å². The third kappa shape index (κ3) is 11.9. The lowest BCUT2D eigenvalue weighted by molar-refractivity contribution is 0.111. The number of para-hydroxylation sites is 2. The number of rotatable bonds is 14. The first-order chi connectivity index (χ1) is 44.7. The minimum atomic E-state index is -1.15. The normalized spacial score (nSPS) is 15.0. The summed E-state index contributed by atoms with van der Waals surface area (Å²) in [5, 5.41) is 99.8. The van der Waals surface area contributed by atoms with Crippen LogP contribution in [0.15, 0.2) is 255 Å². The standard InChI is InChI=1S/C78H56O14/c79-43-45-11-23-53(24-12-45)91-57-31-19-49(20-32-57)77-63-36-61(69(83)40-71(63)85)75(47-15-27-55(28-16-47)89-51-7-3-1-4-8-51)59-35-60(68(82)39-67(59)81)76(48-17-29-56(30-18-48)90-52-9-5-2-6-10-52)62-37-64(72(86)41-70(62)84)78(66-38-65(77)73(87)42-74(66)88)50-21-33-58(34-22-50)92-54-25-13-46(44-80)14-26-54/h1-44,75-78,81-88H. The Bertz CT molecular complexity index is 4380. The highest BCUT2D eigenvalue weighted by molar-refractivity contribution is 5.76. The highest BCUT2D eigenvalue weighted by atomic mass is 16.5. The molecule has 8 N–H and O–H groups in total. The SMILES string of the molecule is O=Cc1ccc(Oc2ccc(C3c4cc(c(O)cc4O)C(c4ccc(Oc5ccccc5)cc4)c4cc(c(O)cc4O)C(c4ccc(Oc5ccccc5)cc4)c4cc(c(O)cc4O)C(c4ccc(Oc5ccc(C=O)cc5)cc4)c4cc3c(O)cc4O)cc2)cc1. The molecule has 4 unspecified atom stereocenters. The fourth-order valence-electron chi connectivity index (χ4n) is 12.1. The largest absolute Gasteiger partial charge is 0.507 e. The number of fused-ring (bicyclic) bond motifs is 8. The molecule has 12 aromatic rings. The monoisotopic (exact) mass is 1220 g/mol. The Balaban J connectivity index is 1.07. The summed E-state index contributed by atoms with van der Waals surface area (Å²) in [5.41, 5.74) is 4.08. The molecule has 4 atom stereocenters. The maximum Gasteiger partial charge on any atom is 0.150 e. The number of hydrogen-bond acceptors (Lipinski definition) is 14. The molecule has 8 bridgehead atoms. The van der Waals surface area contributed by atoms with Crippen LogP contribution in [0, 0.1) is 0 Å². The number of benzene rings is 12. The van der Waals surface area contributed by atoms with Gasteiger partial charge in [-0.3, -0.25) is 9.59 Å². The predicted octanol–water partition coefficient (Wildman–Crippen LogP) is 17.2.